The highest BCUT2D eigenvalue weighted by Gasteiger charge is 2.18. The fourth-order valence-corrected chi connectivity index (χ4v) is 2.41. The number of amides is 1. The Hall–Kier alpha value is -2.20. The molecule has 0 heterocycles. The van der Waals surface area contributed by atoms with Crippen molar-refractivity contribution >= 4 is 17.5 Å². The van der Waals surface area contributed by atoms with E-state index in [9.17, 15) is 4.79 Å². The van der Waals surface area contributed by atoms with Gasteiger partial charge in [0.1, 0.15) is 11.5 Å². The fraction of sp³-hybridized carbons (Fsp3) is 0.235. The van der Waals surface area contributed by atoms with Gasteiger partial charge in [-0.05, 0) is 31.2 Å². The number of nitrogens with one attached hydrogen (secondary N) is 1. The summed E-state index contributed by atoms with van der Waals surface area (Å²) >= 11 is 5.96. The number of benzene rings is 2. The van der Waals surface area contributed by atoms with Gasteiger partial charge >= 0.3 is 0 Å². The van der Waals surface area contributed by atoms with Crippen LogP contribution in [0, 0.1) is 0 Å². The summed E-state index contributed by atoms with van der Waals surface area (Å²) in [5.74, 6) is 0.959. The number of carbonyl (C=O) groups is 1. The Balaban J connectivity index is 2.23. The van der Waals surface area contributed by atoms with E-state index in [1.165, 1.54) is 7.11 Å². The molecular formula is C17H18ClNO3. The molecule has 2 aromatic rings. The zero-order chi connectivity index (χ0) is 16.1. The number of halogens is 1. The molecule has 0 spiro atoms. The molecule has 2 aromatic carbocycles. The van der Waals surface area contributed by atoms with Crippen LogP contribution in [0.15, 0.2) is 42.5 Å². The molecular weight excluding hydrogens is 302 g/mol. The van der Waals surface area contributed by atoms with Gasteiger partial charge in [-0.1, -0.05) is 29.8 Å². The molecule has 0 bridgehead atoms. The third-order valence-corrected chi connectivity index (χ3v) is 3.59. The van der Waals surface area contributed by atoms with Gasteiger partial charge in [-0.15, -0.1) is 0 Å². The van der Waals surface area contributed by atoms with Crippen LogP contribution in [0.25, 0.3) is 0 Å². The Labute approximate surface area is 135 Å². The molecule has 116 valence electrons. The Kier molecular flexibility index (Phi) is 5.28. The Morgan fingerprint density at radius 1 is 1.09 bits per heavy atom. The molecule has 0 radical (unpaired) electrons. The monoisotopic (exact) mass is 319 g/mol. The van der Waals surface area contributed by atoms with Crippen molar-refractivity contribution in [2.75, 3.05) is 14.2 Å². The van der Waals surface area contributed by atoms with Crippen molar-refractivity contribution in [1.29, 1.82) is 0 Å². The lowest BCUT2D eigenvalue weighted by Gasteiger charge is -2.18. The van der Waals surface area contributed by atoms with E-state index in [4.69, 9.17) is 21.1 Å². The molecule has 22 heavy (non-hydrogen) atoms. The van der Waals surface area contributed by atoms with Crippen molar-refractivity contribution in [3.63, 3.8) is 0 Å². The molecule has 0 aliphatic heterocycles. The lowest BCUT2D eigenvalue weighted by Crippen LogP contribution is -2.27. The van der Waals surface area contributed by atoms with Crippen LogP contribution in [0.1, 0.15) is 28.9 Å². The molecule has 0 saturated heterocycles. The molecule has 0 unspecified atom stereocenters. The van der Waals surface area contributed by atoms with Gasteiger partial charge in [0, 0.05) is 10.6 Å². The minimum absolute atomic E-state index is 0.215. The minimum atomic E-state index is -0.252. The zero-order valence-corrected chi connectivity index (χ0v) is 13.5. The van der Waals surface area contributed by atoms with Crippen LogP contribution in [0.5, 0.6) is 11.5 Å². The number of para-hydroxylation sites is 1. The number of carbonyl (C=O) groups excluding carboxylic acids is 1. The molecule has 0 aliphatic rings. The maximum absolute atomic E-state index is 12.5. The number of hydrogen-bond acceptors (Lipinski definition) is 3. The molecule has 4 nitrogen and oxygen atoms in total. The predicted octanol–water partition coefficient (Wildman–Crippen LogP) is 3.85. The van der Waals surface area contributed by atoms with Crippen molar-refractivity contribution in [3.8, 4) is 11.5 Å². The highest BCUT2D eigenvalue weighted by Crippen LogP contribution is 2.26. The largest absolute Gasteiger partial charge is 0.496 e. The van der Waals surface area contributed by atoms with E-state index in [1.54, 1.807) is 25.3 Å². The van der Waals surface area contributed by atoms with Crippen molar-refractivity contribution < 1.29 is 14.3 Å². The topological polar surface area (TPSA) is 47.6 Å². The van der Waals surface area contributed by atoms with E-state index < -0.39 is 0 Å². The third kappa shape index (κ3) is 3.52. The summed E-state index contributed by atoms with van der Waals surface area (Å²) in [7, 11) is 3.12. The number of rotatable bonds is 5. The Morgan fingerprint density at radius 2 is 1.77 bits per heavy atom. The maximum Gasteiger partial charge on any atom is 0.255 e. The summed E-state index contributed by atoms with van der Waals surface area (Å²) < 4.78 is 10.5. The van der Waals surface area contributed by atoms with E-state index >= 15 is 0 Å². The van der Waals surface area contributed by atoms with Crippen molar-refractivity contribution in [2.24, 2.45) is 0 Å². The third-order valence-electron chi connectivity index (χ3n) is 3.36. The average Bonchev–Trinajstić information content (AvgIpc) is 2.54. The van der Waals surface area contributed by atoms with Gasteiger partial charge < -0.3 is 14.8 Å². The van der Waals surface area contributed by atoms with Crippen molar-refractivity contribution in [3.05, 3.63) is 58.6 Å². The zero-order valence-electron chi connectivity index (χ0n) is 12.7. The summed E-state index contributed by atoms with van der Waals surface area (Å²) in [6.07, 6.45) is 0. The standard InChI is InChI=1S/C17H18ClNO3/c1-11(13-6-4-5-7-15(13)21-2)19-17(20)14-10-12(18)8-9-16(14)22-3/h4-11H,1-3H3,(H,19,20)/t11-/m1/s1. The molecule has 2 rings (SSSR count). The van der Waals surface area contributed by atoms with E-state index in [1.807, 2.05) is 31.2 Å². The minimum Gasteiger partial charge on any atom is -0.496 e. The molecule has 0 aromatic heterocycles. The lowest BCUT2D eigenvalue weighted by atomic mass is 10.1. The van der Waals surface area contributed by atoms with E-state index in [2.05, 4.69) is 5.32 Å². The predicted molar refractivity (Wildman–Crippen MR) is 86.9 cm³/mol. The summed E-state index contributed by atoms with van der Waals surface area (Å²) in [4.78, 5) is 12.5. The summed E-state index contributed by atoms with van der Waals surface area (Å²) in [6, 6.07) is 12.3. The van der Waals surface area contributed by atoms with Crippen LogP contribution < -0.4 is 14.8 Å². The number of methoxy groups -OCH3 is 2. The first-order chi connectivity index (χ1) is 10.6. The van der Waals surface area contributed by atoms with E-state index in [0.717, 1.165) is 11.3 Å². The van der Waals surface area contributed by atoms with Gasteiger partial charge in [-0.25, -0.2) is 0 Å². The summed E-state index contributed by atoms with van der Waals surface area (Å²) in [5.41, 5.74) is 1.30. The van der Waals surface area contributed by atoms with Crippen LogP contribution >= 0.6 is 11.6 Å². The van der Waals surface area contributed by atoms with Crippen molar-refractivity contribution in [1.82, 2.24) is 5.32 Å². The molecule has 1 atom stereocenters. The second kappa shape index (κ2) is 7.18. The Morgan fingerprint density at radius 3 is 2.45 bits per heavy atom. The van der Waals surface area contributed by atoms with E-state index in [-0.39, 0.29) is 11.9 Å². The summed E-state index contributed by atoms with van der Waals surface area (Å²) in [6.45, 7) is 1.90. The number of hydrogen-bond donors (Lipinski definition) is 1. The van der Waals surface area contributed by atoms with Crippen LogP contribution in [0.3, 0.4) is 0 Å². The fourth-order valence-electron chi connectivity index (χ4n) is 2.23. The van der Waals surface area contributed by atoms with Crippen LogP contribution in [0.2, 0.25) is 5.02 Å². The van der Waals surface area contributed by atoms with Crippen LogP contribution in [-0.2, 0) is 0 Å². The first kappa shape index (κ1) is 16.2. The average molecular weight is 320 g/mol. The molecule has 0 saturated carbocycles. The smallest absolute Gasteiger partial charge is 0.255 e. The van der Waals surface area contributed by atoms with Gasteiger partial charge in [-0.2, -0.15) is 0 Å². The van der Waals surface area contributed by atoms with Gasteiger partial charge in [0.05, 0.1) is 25.8 Å². The Bertz CT molecular complexity index is 673. The van der Waals surface area contributed by atoms with Gasteiger partial charge in [0.15, 0.2) is 0 Å². The molecule has 1 N–H and O–H groups in total. The van der Waals surface area contributed by atoms with Crippen LogP contribution in [-0.4, -0.2) is 20.1 Å². The number of ether oxygens (including phenoxy) is 2. The normalized spacial score (nSPS) is 11.6. The van der Waals surface area contributed by atoms with E-state index in [0.29, 0.717) is 16.3 Å². The first-order valence-corrected chi connectivity index (χ1v) is 7.22. The van der Waals surface area contributed by atoms with Crippen LogP contribution in [0.4, 0.5) is 0 Å². The van der Waals surface area contributed by atoms with Gasteiger partial charge in [0.25, 0.3) is 5.91 Å². The lowest BCUT2D eigenvalue weighted by molar-refractivity contribution is 0.0936. The molecule has 1 amide bonds. The SMILES string of the molecule is COc1ccc(Cl)cc1C(=O)N[C@H](C)c1ccccc1OC. The second-order valence-electron chi connectivity index (χ2n) is 4.78. The summed E-state index contributed by atoms with van der Waals surface area (Å²) in [5, 5.41) is 3.41. The quantitative estimate of drug-likeness (QED) is 0.910. The van der Waals surface area contributed by atoms with Gasteiger partial charge in [-0.3, -0.25) is 4.79 Å². The first-order valence-electron chi connectivity index (χ1n) is 6.84. The molecule has 5 heteroatoms. The van der Waals surface area contributed by atoms with Crippen molar-refractivity contribution in [2.45, 2.75) is 13.0 Å². The highest BCUT2D eigenvalue weighted by atomic mass is 35.5. The highest BCUT2D eigenvalue weighted by molar-refractivity contribution is 6.31. The molecule has 0 aliphatic carbocycles. The maximum atomic E-state index is 12.5. The molecule has 0 fully saturated rings. The van der Waals surface area contributed by atoms with Gasteiger partial charge in [0.2, 0.25) is 0 Å². The second-order valence-corrected chi connectivity index (χ2v) is 5.22.